The SMILES string of the molecule is CC(O)N(C(=N)NC(=O)OC(C)(C)C)C(=O)OC(C)(C)C. The first-order valence-electron chi connectivity index (χ1n) is 6.52. The highest BCUT2D eigenvalue weighted by molar-refractivity contribution is 5.99. The molecule has 8 heteroatoms. The second-order valence-corrected chi connectivity index (χ2v) is 6.46. The molecule has 0 radical (unpaired) electrons. The van der Waals surface area contributed by atoms with Crippen LogP contribution in [0.5, 0.6) is 0 Å². The highest BCUT2D eigenvalue weighted by Gasteiger charge is 2.30. The Bertz CT molecular complexity index is 407. The Morgan fingerprint density at radius 1 is 1.10 bits per heavy atom. The zero-order chi connectivity index (χ0) is 17.0. The van der Waals surface area contributed by atoms with E-state index < -0.39 is 35.6 Å². The Morgan fingerprint density at radius 2 is 1.52 bits per heavy atom. The lowest BCUT2D eigenvalue weighted by molar-refractivity contribution is 0.00133. The van der Waals surface area contributed by atoms with E-state index in [9.17, 15) is 14.7 Å². The molecular weight excluding hydrogens is 278 g/mol. The van der Waals surface area contributed by atoms with Gasteiger partial charge in [0, 0.05) is 0 Å². The van der Waals surface area contributed by atoms with Crippen molar-refractivity contribution in [1.82, 2.24) is 10.2 Å². The van der Waals surface area contributed by atoms with Crippen molar-refractivity contribution in [2.75, 3.05) is 0 Å². The van der Waals surface area contributed by atoms with Gasteiger partial charge in [-0.05, 0) is 48.5 Å². The lowest BCUT2D eigenvalue weighted by Gasteiger charge is -2.29. The molecule has 1 atom stereocenters. The smallest absolute Gasteiger partial charge is 0.419 e. The molecule has 8 nitrogen and oxygen atoms in total. The second-order valence-electron chi connectivity index (χ2n) is 6.46. The van der Waals surface area contributed by atoms with Crippen molar-refractivity contribution in [3.05, 3.63) is 0 Å². The lowest BCUT2D eigenvalue weighted by atomic mass is 10.2. The van der Waals surface area contributed by atoms with E-state index >= 15 is 0 Å². The van der Waals surface area contributed by atoms with Gasteiger partial charge in [0.05, 0.1) is 0 Å². The third-order valence-corrected chi connectivity index (χ3v) is 1.82. The monoisotopic (exact) mass is 303 g/mol. The van der Waals surface area contributed by atoms with E-state index in [1.54, 1.807) is 41.5 Å². The number of nitrogens with one attached hydrogen (secondary N) is 2. The molecule has 1 unspecified atom stereocenters. The van der Waals surface area contributed by atoms with Gasteiger partial charge in [-0.25, -0.2) is 14.5 Å². The standard InChI is InChI=1S/C13H25N3O5/c1-8(17)16(11(19)21-13(5,6)7)9(14)15-10(18)20-12(2,3)4/h8,17H,1-7H3,(H2,14,15,18). The largest absolute Gasteiger partial charge is 0.444 e. The van der Waals surface area contributed by atoms with Crippen LogP contribution in [0.3, 0.4) is 0 Å². The number of nitrogens with zero attached hydrogens (tertiary/aromatic N) is 1. The number of hydrogen-bond acceptors (Lipinski definition) is 6. The first-order chi connectivity index (χ1) is 9.23. The average Bonchev–Trinajstić information content (AvgIpc) is 2.08. The van der Waals surface area contributed by atoms with E-state index in [-0.39, 0.29) is 0 Å². The summed E-state index contributed by atoms with van der Waals surface area (Å²) in [6, 6.07) is 0. The predicted octanol–water partition coefficient (Wildman–Crippen LogP) is 2.02. The van der Waals surface area contributed by atoms with Gasteiger partial charge in [0.25, 0.3) is 0 Å². The van der Waals surface area contributed by atoms with Crippen LogP contribution >= 0.6 is 0 Å². The molecule has 0 aliphatic carbocycles. The number of ether oxygens (including phenoxy) is 2. The number of aliphatic hydroxyl groups excluding tert-OH is 1. The Morgan fingerprint density at radius 3 is 1.86 bits per heavy atom. The fourth-order valence-corrected chi connectivity index (χ4v) is 1.20. The quantitative estimate of drug-likeness (QED) is 0.390. The summed E-state index contributed by atoms with van der Waals surface area (Å²) in [5.41, 5.74) is -1.54. The third kappa shape index (κ3) is 8.13. The van der Waals surface area contributed by atoms with Crippen molar-refractivity contribution in [3.63, 3.8) is 0 Å². The number of amides is 2. The van der Waals surface area contributed by atoms with Crippen LogP contribution in [-0.4, -0.2) is 45.6 Å². The molecule has 0 aliphatic rings. The van der Waals surface area contributed by atoms with E-state index in [1.807, 2.05) is 0 Å². The average molecular weight is 303 g/mol. The third-order valence-electron chi connectivity index (χ3n) is 1.82. The van der Waals surface area contributed by atoms with Gasteiger partial charge >= 0.3 is 12.2 Å². The van der Waals surface area contributed by atoms with Crippen LogP contribution in [0.2, 0.25) is 0 Å². The molecule has 21 heavy (non-hydrogen) atoms. The molecule has 0 bridgehead atoms. The van der Waals surface area contributed by atoms with E-state index in [4.69, 9.17) is 14.9 Å². The van der Waals surface area contributed by atoms with Crippen molar-refractivity contribution >= 4 is 18.1 Å². The molecule has 0 saturated carbocycles. The van der Waals surface area contributed by atoms with Gasteiger partial charge in [0.1, 0.15) is 17.4 Å². The fourth-order valence-electron chi connectivity index (χ4n) is 1.20. The summed E-state index contributed by atoms with van der Waals surface area (Å²) in [4.78, 5) is 24.1. The highest BCUT2D eigenvalue weighted by atomic mass is 16.6. The second kappa shape index (κ2) is 6.75. The summed E-state index contributed by atoms with van der Waals surface area (Å²) < 4.78 is 10.0. The van der Waals surface area contributed by atoms with Crippen LogP contribution in [0, 0.1) is 5.41 Å². The highest BCUT2D eigenvalue weighted by Crippen LogP contribution is 2.12. The Kier molecular flexibility index (Phi) is 6.16. The summed E-state index contributed by atoms with van der Waals surface area (Å²) in [6.45, 7) is 11.2. The first kappa shape index (κ1) is 19.2. The number of aliphatic hydroxyl groups is 1. The van der Waals surface area contributed by atoms with Crippen LogP contribution in [-0.2, 0) is 9.47 Å². The van der Waals surface area contributed by atoms with Crippen molar-refractivity contribution in [2.45, 2.75) is 65.9 Å². The number of guanidine groups is 1. The molecule has 0 saturated heterocycles. The minimum absolute atomic E-state index is 0.606. The van der Waals surface area contributed by atoms with Gasteiger partial charge in [-0.1, -0.05) is 0 Å². The predicted molar refractivity (Wildman–Crippen MR) is 76.9 cm³/mol. The summed E-state index contributed by atoms with van der Waals surface area (Å²) in [5, 5.41) is 19.4. The van der Waals surface area contributed by atoms with Crippen molar-refractivity contribution in [1.29, 1.82) is 5.41 Å². The summed E-state index contributed by atoms with van der Waals surface area (Å²) in [7, 11) is 0. The Balaban J connectivity index is 4.86. The molecule has 0 fully saturated rings. The fraction of sp³-hybridized carbons (Fsp3) is 0.769. The van der Waals surface area contributed by atoms with Crippen LogP contribution in [0.15, 0.2) is 0 Å². The van der Waals surface area contributed by atoms with Crippen molar-refractivity contribution in [2.24, 2.45) is 0 Å². The number of carbonyl (C=O) groups is 2. The summed E-state index contributed by atoms with van der Waals surface area (Å²) >= 11 is 0. The molecule has 0 heterocycles. The van der Waals surface area contributed by atoms with Crippen molar-refractivity contribution in [3.8, 4) is 0 Å². The van der Waals surface area contributed by atoms with Crippen LogP contribution in [0.25, 0.3) is 0 Å². The molecule has 3 N–H and O–H groups in total. The molecule has 0 aliphatic heterocycles. The van der Waals surface area contributed by atoms with Gasteiger partial charge in [-0.3, -0.25) is 10.7 Å². The van der Waals surface area contributed by atoms with Gasteiger partial charge in [0.2, 0.25) is 5.96 Å². The Hall–Kier alpha value is -1.83. The first-order valence-corrected chi connectivity index (χ1v) is 6.52. The van der Waals surface area contributed by atoms with Crippen molar-refractivity contribution < 1.29 is 24.2 Å². The maximum Gasteiger partial charge on any atom is 0.419 e. The normalized spacial score (nSPS) is 13.1. The Labute approximate surface area is 124 Å². The van der Waals surface area contributed by atoms with E-state index in [2.05, 4.69) is 5.32 Å². The zero-order valence-corrected chi connectivity index (χ0v) is 13.6. The molecule has 122 valence electrons. The number of hydrogen-bond donors (Lipinski definition) is 3. The molecule has 0 aromatic rings. The number of carbonyl (C=O) groups excluding carboxylic acids is 2. The van der Waals surface area contributed by atoms with Crippen LogP contribution < -0.4 is 5.32 Å². The van der Waals surface area contributed by atoms with Gasteiger partial charge in [-0.15, -0.1) is 0 Å². The molecule has 0 spiro atoms. The number of alkyl carbamates (subject to hydrolysis) is 1. The van der Waals surface area contributed by atoms with Crippen LogP contribution in [0.1, 0.15) is 48.5 Å². The molecular formula is C13H25N3O5. The summed E-state index contributed by atoms with van der Waals surface area (Å²) in [5.74, 6) is -0.631. The van der Waals surface area contributed by atoms with Gasteiger partial charge < -0.3 is 14.6 Å². The maximum absolute atomic E-state index is 11.9. The van der Waals surface area contributed by atoms with E-state index in [0.717, 1.165) is 0 Å². The zero-order valence-electron chi connectivity index (χ0n) is 13.6. The molecule has 0 aromatic heterocycles. The molecule has 0 aromatic carbocycles. The summed E-state index contributed by atoms with van der Waals surface area (Å²) in [6.07, 6.45) is -3.19. The number of rotatable bonds is 1. The van der Waals surface area contributed by atoms with E-state index in [0.29, 0.717) is 4.90 Å². The van der Waals surface area contributed by atoms with Gasteiger partial charge in [0.15, 0.2) is 0 Å². The van der Waals surface area contributed by atoms with E-state index in [1.165, 1.54) is 6.92 Å². The van der Waals surface area contributed by atoms with Gasteiger partial charge in [-0.2, -0.15) is 0 Å². The minimum atomic E-state index is -1.35. The molecule has 2 amide bonds. The maximum atomic E-state index is 11.9. The lowest BCUT2D eigenvalue weighted by Crippen LogP contribution is -2.52. The van der Waals surface area contributed by atoms with Crippen LogP contribution in [0.4, 0.5) is 9.59 Å². The molecule has 0 rings (SSSR count). The topological polar surface area (TPSA) is 112 Å². The minimum Gasteiger partial charge on any atom is -0.444 e.